The Morgan fingerprint density at radius 3 is 2.78 bits per heavy atom. The average molecular weight is 315 g/mol. The number of nitrogens with one attached hydrogen (secondary N) is 1. The van der Waals surface area contributed by atoms with Crippen LogP contribution in [0.5, 0.6) is 5.75 Å². The molecule has 0 spiro atoms. The van der Waals surface area contributed by atoms with E-state index in [-0.39, 0.29) is 11.6 Å². The molecule has 6 nitrogen and oxygen atoms in total. The first-order valence-corrected chi connectivity index (χ1v) is 7.16. The van der Waals surface area contributed by atoms with E-state index in [0.717, 1.165) is 22.9 Å². The van der Waals surface area contributed by atoms with Gasteiger partial charge in [-0.2, -0.15) is 5.10 Å². The van der Waals surface area contributed by atoms with Gasteiger partial charge in [0.1, 0.15) is 11.5 Å². The second-order valence-electron chi connectivity index (χ2n) is 5.22. The molecule has 0 atom stereocenters. The number of aryl methyl sites for hydroxylation is 2. The maximum atomic E-state index is 13.4. The van der Waals surface area contributed by atoms with Crippen molar-refractivity contribution < 1.29 is 9.13 Å². The number of benzene rings is 1. The summed E-state index contributed by atoms with van der Waals surface area (Å²) in [5.41, 5.74) is 1.71. The number of halogens is 1. The molecule has 0 aliphatic carbocycles. The van der Waals surface area contributed by atoms with E-state index in [1.54, 1.807) is 23.0 Å². The van der Waals surface area contributed by atoms with E-state index in [2.05, 4.69) is 15.4 Å². The van der Waals surface area contributed by atoms with E-state index >= 15 is 0 Å². The van der Waals surface area contributed by atoms with Gasteiger partial charge in [0, 0.05) is 39.1 Å². The lowest BCUT2D eigenvalue weighted by atomic mass is 10.2. The van der Waals surface area contributed by atoms with Crippen molar-refractivity contribution in [3.63, 3.8) is 0 Å². The molecule has 0 radical (unpaired) electrons. The molecule has 3 aromatic rings. The van der Waals surface area contributed by atoms with Crippen LogP contribution >= 0.6 is 0 Å². The fourth-order valence-corrected chi connectivity index (χ4v) is 2.36. The molecule has 1 aromatic carbocycles. The van der Waals surface area contributed by atoms with Gasteiger partial charge in [-0.25, -0.2) is 9.37 Å². The molecule has 0 aliphatic rings. The molecule has 3 rings (SSSR count). The molecule has 7 heteroatoms. The monoisotopic (exact) mass is 315 g/mol. The lowest BCUT2D eigenvalue weighted by molar-refractivity contribution is 0.386. The Morgan fingerprint density at radius 2 is 2.09 bits per heavy atom. The molecule has 23 heavy (non-hydrogen) atoms. The number of methoxy groups -OCH3 is 1. The largest absolute Gasteiger partial charge is 0.494 e. The van der Waals surface area contributed by atoms with Gasteiger partial charge in [-0.3, -0.25) is 4.68 Å². The average Bonchev–Trinajstić information content (AvgIpc) is 3.12. The van der Waals surface area contributed by atoms with E-state index in [1.807, 2.05) is 30.9 Å². The fraction of sp³-hybridized carbons (Fsp3) is 0.250. The van der Waals surface area contributed by atoms with Gasteiger partial charge in [0.05, 0.1) is 7.11 Å². The predicted molar refractivity (Wildman–Crippen MR) is 85.7 cm³/mol. The van der Waals surface area contributed by atoms with Gasteiger partial charge in [-0.15, -0.1) is 0 Å². The molecule has 1 N–H and O–H groups in total. The van der Waals surface area contributed by atoms with Crippen molar-refractivity contribution in [2.24, 2.45) is 14.1 Å². The van der Waals surface area contributed by atoms with Crippen molar-refractivity contribution in [3.8, 4) is 17.3 Å². The lowest BCUT2D eigenvalue weighted by Gasteiger charge is -2.08. The number of rotatable bonds is 5. The van der Waals surface area contributed by atoms with Crippen LogP contribution in [0, 0.1) is 5.82 Å². The zero-order valence-corrected chi connectivity index (χ0v) is 13.2. The summed E-state index contributed by atoms with van der Waals surface area (Å²) in [6.45, 7) is 0.538. The quantitative estimate of drug-likeness (QED) is 0.786. The molecule has 2 heterocycles. The van der Waals surface area contributed by atoms with Crippen LogP contribution < -0.4 is 10.1 Å². The summed E-state index contributed by atoms with van der Waals surface area (Å²) in [7, 11) is 5.24. The molecular formula is C16H18FN5O. The van der Waals surface area contributed by atoms with Crippen LogP contribution in [0.3, 0.4) is 0 Å². The standard InChI is InChI=1S/C16H18FN5O/c1-21-7-6-18-16(21)13-9-15(22(2)20-13)19-10-11-4-5-12(17)14(8-11)23-3/h4-9,19H,10H2,1-3H3. The van der Waals surface area contributed by atoms with Crippen LogP contribution in [-0.4, -0.2) is 26.4 Å². The van der Waals surface area contributed by atoms with E-state index in [4.69, 9.17) is 4.74 Å². The number of hydrogen-bond acceptors (Lipinski definition) is 4. The van der Waals surface area contributed by atoms with Gasteiger partial charge in [-0.05, 0) is 17.7 Å². The molecule has 0 aliphatic heterocycles. The summed E-state index contributed by atoms with van der Waals surface area (Å²) in [6, 6.07) is 6.74. The van der Waals surface area contributed by atoms with E-state index in [1.165, 1.54) is 13.2 Å². The zero-order chi connectivity index (χ0) is 16.4. The number of hydrogen-bond donors (Lipinski definition) is 1. The molecule has 0 bridgehead atoms. The number of anilines is 1. The highest BCUT2D eigenvalue weighted by molar-refractivity contribution is 5.56. The minimum absolute atomic E-state index is 0.239. The predicted octanol–water partition coefficient (Wildman–Crippen LogP) is 2.58. The van der Waals surface area contributed by atoms with Crippen LogP contribution in [0.25, 0.3) is 11.5 Å². The van der Waals surface area contributed by atoms with Crippen molar-refractivity contribution >= 4 is 5.82 Å². The van der Waals surface area contributed by atoms with Crippen molar-refractivity contribution in [1.29, 1.82) is 0 Å². The maximum absolute atomic E-state index is 13.4. The molecular weight excluding hydrogens is 297 g/mol. The van der Waals surface area contributed by atoms with Crippen LogP contribution in [0.2, 0.25) is 0 Å². The third kappa shape index (κ3) is 3.03. The first kappa shape index (κ1) is 15.1. The highest BCUT2D eigenvalue weighted by Gasteiger charge is 2.11. The van der Waals surface area contributed by atoms with Crippen molar-refractivity contribution in [3.05, 3.63) is 48.0 Å². The minimum atomic E-state index is -0.367. The third-order valence-electron chi connectivity index (χ3n) is 3.62. The summed E-state index contributed by atoms with van der Waals surface area (Å²) in [6.07, 6.45) is 3.61. The van der Waals surface area contributed by atoms with Crippen LogP contribution in [-0.2, 0) is 20.6 Å². The number of ether oxygens (including phenoxy) is 1. The first-order chi connectivity index (χ1) is 11.1. The molecule has 120 valence electrons. The van der Waals surface area contributed by atoms with Crippen molar-refractivity contribution in [2.75, 3.05) is 12.4 Å². The smallest absolute Gasteiger partial charge is 0.165 e. The normalized spacial score (nSPS) is 10.8. The van der Waals surface area contributed by atoms with E-state index in [9.17, 15) is 4.39 Å². The van der Waals surface area contributed by atoms with Crippen LogP contribution in [0.1, 0.15) is 5.56 Å². The number of imidazole rings is 1. The summed E-state index contributed by atoms with van der Waals surface area (Å²) in [5.74, 6) is 1.53. The first-order valence-electron chi connectivity index (χ1n) is 7.16. The highest BCUT2D eigenvalue weighted by atomic mass is 19.1. The Balaban J connectivity index is 1.76. The van der Waals surface area contributed by atoms with E-state index < -0.39 is 0 Å². The Labute approximate surface area is 133 Å². The minimum Gasteiger partial charge on any atom is -0.494 e. The van der Waals surface area contributed by atoms with Gasteiger partial charge < -0.3 is 14.6 Å². The second kappa shape index (κ2) is 6.12. The van der Waals surface area contributed by atoms with Gasteiger partial charge >= 0.3 is 0 Å². The van der Waals surface area contributed by atoms with Gasteiger partial charge in [-0.1, -0.05) is 6.07 Å². The summed E-state index contributed by atoms with van der Waals surface area (Å²) in [5, 5.41) is 7.75. The third-order valence-corrected chi connectivity index (χ3v) is 3.62. The van der Waals surface area contributed by atoms with Gasteiger partial charge in [0.25, 0.3) is 0 Å². The fourth-order valence-electron chi connectivity index (χ4n) is 2.36. The molecule has 0 fully saturated rings. The topological polar surface area (TPSA) is 56.9 Å². The molecule has 0 saturated carbocycles. The number of aromatic nitrogens is 4. The van der Waals surface area contributed by atoms with Crippen LogP contribution in [0.15, 0.2) is 36.7 Å². The van der Waals surface area contributed by atoms with Gasteiger partial charge in [0.15, 0.2) is 17.4 Å². The van der Waals surface area contributed by atoms with Crippen molar-refractivity contribution in [2.45, 2.75) is 6.54 Å². The Kier molecular flexibility index (Phi) is 4.01. The Bertz CT molecular complexity index is 824. The summed E-state index contributed by atoms with van der Waals surface area (Å²) < 4.78 is 22.1. The maximum Gasteiger partial charge on any atom is 0.165 e. The SMILES string of the molecule is COc1cc(CNc2cc(-c3nccn3C)nn2C)ccc1F. The molecule has 0 unspecified atom stereocenters. The van der Waals surface area contributed by atoms with Crippen molar-refractivity contribution in [1.82, 2.24) is 19.3 Å². The number of nitrogens with zero attached hydrogens (tertiary/aromatic N) is 4. The van der Waals surface area contributed by atoms with Crippen LogP contribution in [0.4, 0.5) is 10.2 Å². The zero-order valence-electron chi connectivity index (χ0n) is 13.2. The Hall–Kier alpha value is -2.83. The second-order valence-corrected chi connectivity index (χ2v) is 5.22. The summed E-state index contributed by atoms with van der Waals surface area (Å²) >= 11 is 0. The van der Waals surface area contributed by atoms with E-state index in [0.29, 0.717) is 6.54 Å². The Morgan fingerprint density at radius 1 is 1.26 bits per heavy atom. The molecule has 0 amide bonds. The molecule has 2 aromatic heterocycles. The lowest BCUT2D eigenvalue weighted by Crippen LogP contribution is -2.05. The van der Waals surface area contributed by atoms with Gasteiger partial charge in [0.2, 0.25) is 0 Å². The summed E-state index contributed by atoms with van der Waals surface area (Å²) in [4.78, 5) is 4.29. The highest BCUT2D eigenvalue weighted by Crippen LogP contribution is 2.21. The molecule has 0 saturated heterocycles.